The van der Waals surface area contributed by atoms with Crippen LogP contribution in [-0.4, -0.2) is 18.2 Å². The lowest BCUT2D eigenvalue weighted by molar-refractivity contribution is -0.211. The van der Waals surface area contributed by atoms with Gasteiger partial charge in [0.2, 0.25) is 0 Å². The average molecular weight is 244 g/mol. The molecule has 0 aliphatic heterocycles. The van der Waals surface area contributed by atoms with Gasteiger partial charge in [-0.2, -0.15) is 0 Å². The minimum Gasteiger partial charge on any atom is -0.424 e. The van der Waals surface area contributed by atoms with Gasteiger partial charge < -0.3 is 9.47 Å². The van der Waals surface area contributed by atoms with E-state index in [4.69, 9.17) is 9.47 Å². The SMILES string of the molecule is CC(C)C(=O)OC(OC(=O)C(C)C)C(C)(C)C. The fraction of sp³-hybridized carbons (Fsp3) is 0.846. The van der Waals surface area contributed by atoms with Crippen LogP contribution < -0.4 is 0 Å². The molecule has 0 fully saturated rings. The molecular weight excluding hydrogens is 220 g/mol. The summed E-state index contributed by atoms with van der Waals surface area (Å²) in [5.74, 6) is -1.20. The van der Waals surface area contributed by atoms with Crippen molar-refractivity contribution >= 4 is 11.9 Å². The standard InChI is InChI=1S/C13H24O4/c1-8(2)10(14)16-12(13(5,6)7)17-11(15)9(3)4/h8-9,12H,1-7H3. The van der Waals surface area contributed by atoms with E-state index in [0.717, 1.165) is 0 Å². The van der Waals surface area contributed by atoms with Gasteiger partial charge in [-0.25, -0.2) is 0 Å². The predicted octanol–water partition coefficient (Wildman–Crippen LogP) is 2.76. The summed E-state index contributed by atoms with van der Waals surface area (Å²) in [6.07, 6.45) is -0.840. The van der Waals surface area contributed by atoms with Crippen LogP contribution in [0.25, 0.3) is 0 Å². The van der Waals surface area contributed by atoms with Gasteiger partial charge in [-0.15, -0.1) is 0 Å². The second-order valence-electron chi connectivity index (χ2n) is 5.88. The first-order valence-electron chi connectivity index (χ1n) is 5.96. The molecule has 0 amide bonds. The highest BCUT2D eigenvalue weighted by Gasteiger charge is 2.33. The molecule has 0 aliphatic carbocycles. The second kappa shape index (κ2) is 6.03. The van der Waals surface area contributed by atoms with Crippen molar-refractivity contribution in [1.29, 1.82) is 0 Å². The van der Waals surface area contributed by atoms with Gasteiger partial charge in [-0.05, 0) is 0 Å². The predicted molar refractivity (Wildman–Crippen MR) is 65.1 cm³/mol. The highest BCUT2D eigenvalue weighted by Crippen LogP contribution is 2.25. The normalized spacial score (nSPS) is 12.1. The quantitative estimate of drug-likeness (QED) is 0.563. The first-order chi connectivity index (χ1) is 7.55. The zero-order valence-electron chi connectivity index (χ0n) is 11.9. The van der Waals surface area contributed by atoms with E-state index in [9.17, 15) is 9.59 Å². The van der Waals surface area contributed by atoms with Crippen molar-refractivity contribution in [2.24, 2.45) is 17.3 Å². The van der Waals surface area contributed by atoms with Crippen LogP contribution in [0.1, 0.15) is 48.5 Å². The van der Waals surface area contributed by atoms with Crippen molar-refractivity contribution in [3.05, 3.63) is 0 Å². The summed E-state index contributed by atoms with van der Waals surface area (Å²) >= 11 is 0. The molecule has 0 radical (unpaired) electrons. The Bertz CT molecular complexity index is 252. The number of hydrogen-bond acceptors (Lipinski definition) is 4. The van der Waals surface area contributed by atoms with Crippen LogP contribution in [0.3, 0.4) is 0 Å². The lowest BCUT2D eigenvalue weighted by atomic mass is 9.95. The Kier molecular flexibility index (Phi) is 5.66. The van der Waals surface area contributed by atoms with Crippen LogP contribution in [0, 0.1) is 17.3 Å². The van der Waals surface area contributed by atoms with Gasteiger partial charge in [0.15, 0.2) is 0 Å². The Hall–Kier alpha value is -1.06. The van der Waals surface area contributed by atoms with Gasteiger partial charge >= 0.3 is 11.9 Å². The minimum absolute atomic E-state index is 0.238. The summed E-state index contributed by atoms with van der Waals surface area (Å²) in [6, 6.07) is 0. The first-order valence-corrected chi connectivity index (χ1v) is 5.96. The maximum Gasteiger partial charge on any atom is 0.311 e. The fourth-order valence-electron chi connectivity index (χ4n) is 0.861. The van der Waals surface area contributed by atoms with E-state index in [1.807, 2.05) is 20.8 Å². The van der Waals surface area contributed by atoms with Crippen LogP contribution in [0.4, 0.5) is 0 Å². The van der Waals surface area contributed by atoms with Crippen molar-refractivity contribution in [2.75, 3.05) is 0 Å². The summed E-state index contributed by atoms with van der Waals surface area (Å²) < 4.78 is 10.4. The molecule has 4 nitrogen and oxygen atoms in total. The molecule has 0 heterocycles. The van der Waals surface area contributed by atoms with Gasteiger partial charge in [0.1, 0.15) is 0 Å². The molecule has 4 heteroatoms. The highest BCUT2D eigenvalue weighted by molar-refractivity contribution is 5.73. The molecule has 17 heavy (non-hydrogen) atoms. The van der Waals surface area contributed by atoms with Crippen molar-refractivity contribution < 1.29 is 19.1 Å². The van der Waals surface area contributed by atoms with Crippen LogP contribution in [-0.2, 0) is 19.1 Å². The van der Waals surface area contributed by atoms with Crippen LogP contribution in [0.2, 0.25) is 0 Å². The smallest absolute Gasteiger partial charge is 0.311 e. The van der Waals surface area contributed by atoms with E-state index in [0.29, 0.717) is 0 Å². The summed E-state index contributed by atoms with van der Waals surface area (Å²) in [5, 5.41) is 0. The molecule has 0 unspecified atom stereocenters. The monoisotopic (exact) mass is 244 g/mol. The van der Waals surface area contributed by atoms with Crippen molar-refractivity contribution in [3.8, 4) is 0 Å². The average Bonchev–Trinajstić information content (AvgIpc) is 2.14. The van der Waals surface area contributed by atoms with E-state index >= 15 is 0 Å². The molecule has 0 saturated carbocycles. The second-order valence-corrected chi connectivity index (χ2v) is 5.88. The summed E-state index contributed by atoms with van der Waals surface area (Å²) in [7, 11) is 0. The van der Waals surface area contributed by atoms with E-state index in [-0.39, 0.29) is 23.8 Å². The third-order valence-corrected chi connectivity index (χ3v) is 2.10. The van der Waals surface area contributed by atoms with E-state index in [1.165, 1.54) is 0 Å². The first kappa shape index (κ1) is 15.9. The minimum atomic E-state index is -0.840. The maximum atomic E-state index is 11.5. The molecule has 0 rings (SSSR count). The van der Waals surface area contributed by atoms with Gasteiger partial charge in [0, 0.05) is 5.41 Å². The Morgan fingerprint density at radius 1 is 0.824 bits per heavy atom. The Labute approximate surface area is 104 Å². The lowest BCUT2D eigenvalue weighted by Crippen LogP contribution is -2.38. The summed E-state index contributed by atoms with van der Waals surface area (Å²) in [4.78, 5) is 23.1. The van der Waals surface area contributed by atoms with Crippen LogP contribution >= 0.6 is 0 Å². The van der Waals surface area contributed by atoms with Crippen molar-refractivity contribution in [2.45, 2.75) is 54.8 Å². The maximum absolute atomic E-state index is 11.5. The molecule has 0 bridgehead atoms. The third-order valence-electron chi connectivity index (χ3n) is 2.10. The van der Waals surface area contributed by atoms with Gasteiger partial charge in [-0.3, -0.25) is 9.59 Å². The Morgan fingerprint density at radius 2 is 1.12 bits per heavy atom. The van der Waals surface area contributed by atoms with Crippen LogP contribution in [0.5, 0.6) is 0 Å². The Balaban J connectivity index is 4.68. The fourth-order valence-corrected chi connectivity index (χ4v) is 0.861. The largest absolute Gasteiger partial charge is 0.424 e. The topological polar surface area (TPSA) is 52.6 Å². The molecule has 0 aliphatic rings. The molecule has 0 spiro atoms. The van der Waals surface area contributed by atoms with Gasteiger partial charge in [-0.1, -0.05) is 48.5 Å². The zero-order chi connectivity index (χ0) is 13.8. The molecule has 0 N–H and O–H groups in total. The molecule has 100 valence electrons. The molecular formula is C13H24O4. The lowest BCUT2D eigenvalue weighted by Gasteiger charge is -2.30. The highest BCUT2D eigenvalue weighted by atomic mass is 16.7. The van der Waals surface area contributed by atoms with Crippen molar-refractivity contribution in [3.63, 3.8) is 0 Å². The Morgan fingerprint density at radius 3 is 1.29 bits per heavy atom. The van der Waals surface area contributed by atoms with Gasteiger partial charge in [0.05, 0.1) is 11.8 Å². The van der Waals surface area contributed by atoms with E-state index in [2.05, 4.69) is 0 Å². The number of hydrogen-bond donors (Lipinski definition) is 0. The molecule has 0 aromatic rings. The molecule has 0 saturated heterocycles. The third kappa shape index (κ3) is 5.71. The molecule has 0 aromatic heterocycles. The number of rotatable bonds is 4. The molecule has 0 atom stereocenters. The number of carbonyl (C=O) groups excluding carboxylic acids is 2. The number of ether oxygens (including phenoxy) is 2. The van der Waals surface area contributed by atoms with E-state index < -0.39 is 11.7 Å². The van der Waals surface area contributed by atoms with Crippen molar-refractivity contribution in [1.82, 2.24) is 0 Å². The van der Waals surface area contributed by atoms with Crippen LogP contribution in [0.15, 0.2) is 0 Å². The summed E-state index contributed by atoms with van der Waals surface area (Å²) in [6.45, 7) is 12.5. The van der Waals surface area contributed by atoms with Gasteiger partial charge in [0.25, 0.3) is 6.29 Å². The summed E-state index contributed by atoms with van der Waals surface area (Å²) in [5.41, 5.74) is -0.435. The van der Waals surface area contributed by atoms with E-state index in [1.54, 1.807) is 27.7 Å². The zero-order valence-corrected chi connectivity index (χ0v) is 11.9. The number of carbonyl (C=O) groups is 2. The number of esters is 2. The molecule has 0 aromatic carbocycles.